The monoisotopic (exact) mass is 290 g/mol. The second kappa shape index (κ2) is 5.97. The van der Waals surface area contributed by atoms with Crippen molar-refractivity contribution < 1.29 is 0 Å². The number of nitriles is 1. The van der Waals surface area contributed by atoms with Gasteiger partial charge in [0.15, 0.2) is 0 Å². The Bertz CT molecular complexity index is 615. The Balaban J connectivity index is 2.18. The highest BCUT2D eigenvalue weighted by atomic mass is 35.5. The van der Waals surface area contributed by atoms with Gasteiger partial charge in [-0.15, -0.1) is 0 Å². The van der Waals surface area contributed by atoms with Crippen LogP contribution in [0.25, 0.3) is 0 Å². The van der Waals surface area contributed by atoms with Gasteiger partial charge in [0.1, 0.15) is 0 Å². The van der Waals surface area contributed by atoms with Crippen molar-refractivity contribution in [3.8, 4) is 6.07 Å². The predicted octanol–water partition coefficient (Wildman–Crippen LogP) is 4.50. The van der Waals surface area contributed by atoms with Crippen LogP contribution >= 0.6 is 23.2 Å². The van der Waals surface area contributed by atoms with Crippen LogP contribution in [0.2, 0.25) is 10.0 Å². The van der Waals surface area contributed by atoms with Crippen LogP contribution in [0.3, 0.4) is 0 Å². The lowest BCUT2D eigenvalue weighted by atomic mass is 10.2. The Kier molecular flexibility index (Phi) is 4.31. The quantitative estimate of drug-likeness (QED) is 0.832. The highest BCUT2D eigenvalue weighted by Gasteiger charge is 2.08. The van der Waals surface area contributed by atoms with Crippen LogP contribution in [0, 0.1) is 11.3 Å². The van der Waals surface area contributed by atoms with Gasteiger partial charge < -0.3 is 4.90 Å². The SMILES string of the molecule is CN(Cc1cccc(Cl)c1Cl)c1ccc(C#N)cc1. The van der Waals surface area contributed by atoms with Gasteiger partial charge in [0, 0.05) is 19.3 Å². The number of rotatable bonds is 3. The van der Waals surface area contributed by atoms with E-state index in [-0.39, 0.29) is 0 Å². The number of hydrogen-bond acceptors (Lipinski definition) is 2. The molecule has 0 saturated carbocycles. The van der Waals surface area contributed by atoms with Crippen LogP contribution < -0.4 is 4.90 Å². The van der Waals surface area contributed by atoms with Gasteiger partial charge in [-0.3, -0.25) is 0 Å². The fourth-order valence-corrected chi connectivity index (χ4v) is 2.19. The summed E-state index contributed by atoms with van der Waals surface area (Å²) in [5, 5.41) is 9.92. The Labute approximate surface area is 122 Å². The molecule has 0 fully saturated rings. The van der Waals surface area contributed by atoms with E-state index < -0.39 is 0 Å². The fraction of sp³-hybridized carbons (Fsp3) is 0.133. The second-order valence-corrected chi connectivity index (χ2v) is 5.01. The molecule has 0 aliphatic heterocycles. The third-order valence-electron chi connectivity index (χ3n) is 2.88. The summed E-state index contributed by atoms with van der Waals surface area (Å²) in [5.74, 6) is 0. The number of nitrogens with zero attached hydrogens (tertiary/aromatic N) is 2. The molecule has 0 atom stereocenters. The number of hydrogen-bond donors (Lipinski definition) is 0. The predicted molar refractivity (Wildman–Crippen MR) is 79.7 cm³/mol. The first-order valence-corrected chi connectivity index (χ1v) is 6.51. The van der Waals surface area contributed by atoms with Crippen molar-refractivity contribution in [1.82, 2.24) is 0 Å². The molecule has 0 aromatic heterocycles. The zero-order valence-corrected chi connectivity index (χ0v) is 11.9. The molecule has 0 heterocycles. The molecule has 0 amide bonds. The number of anilines is 1. The largest absolute Gasteiger partial charge is 0.370 e. The van der Waals surface area contributed by atoms with Gasteiger partial charge >= 0.3 is 0 Å². The van der Waals surface area contributed by atoms with E-state index in [0.717, 1.165) is 11.3 Å². The first kappa shape index (κ1) is 13.7. The van der Waals surface area contributed by atoms with Crippen molar-refractivity contribution in [3.05, 3.63) is 63.6 Å². The van der Waals surface area contributed by atoms with E-state index in [1.54, 1.807) is 18.2 Å². The van der Waals surface area contributed by atoms with Crippen LogP contribution in [0.15, 0.2) is 42.5 Å². The van der Waals surface area contributed by atoms with Crippen LogP contribution in [0.1, 0.15) is 11.1 Å². The van der Waals surface area contributed by atoms with E-state index in [4.69, 9.17) is 28.5 Å². The van der Waals surface area contributed by atoms with E-state index in [1.807, 2.05) is 31.3 Å². The highest BCUT2D eigenvalue weighted by molar-refractivity contribution is 6.42. The smallest absolute Gasteiger partial charge is 0.0991 e. The van der Waals surface area contributed by atoms with Gasteiger partial charge in [-0.05, 0) is 35.9 Å². The van der Waals surface area contributed by atoms with Crippen LogP contribution in [-0.2, 0) is 6.54 Å². The molecule has 0 N–H and O–H groups in total. The molecule has 0 saturated heterocycles. The summed E-state index contributed by atoms with van der Waals surface area (Å²) in [5.41, 5.74) is 2.65. The summed E-state index contributed by atoms with van der Waals surface area (Å²) in [6, 6.07) is 15.1. The van der Waals surface area contributed by atoms with E-state index in [0.29, 0.717) is 22.2 Å². The molecule has 19 heavy (non-hydrogen) atoms. The molecule has 0 aliphatic carbocycles. The maximum Gasteiger partial charge on any atom is 0.0991 e. The average Bonchev–Trinajstić information content (AvgIpc) is 2.44. The van der Waals surface area contributed by atoms with Crippen molar-refractivity contribution in [3.63, 3.8) is 0 Å². The Hall–Kier alpha value is -1.69. The van der Waals surface area contributed by atoms with Gasteiger partial charge in [-0.2, -0.15) is 5.26 Å². The molecule has 4 heteroatoms. The molecule has 2 rings (SSSR count). The topological polar surface area (TPSA) is 27.0 Å². The maximum atomic E-state index is 8.77. The summed E-state index contributed by atoms with van der Waals surface area (Å²) in [6.07, 6.45) is 0. The summed E-state index contributed by atoms with van der Waals surface area (Å²) in [7, 11) is 1.97. The van der Waals surface area contributed by atoms with E-state index >= 15 is 0 Å². The van der Waals surface area contributed by atoms with Crippen molar-refractivity contribution in [2.24, 2.45) is 0 Å². The summed E-state index contributed by atoms with van der Waals surface area (Å²) in [6.45, 7) is 0.658. The number of halogens is 2. The molecule has 0 bridgehead atoms. The minimum Gasteiger partial charge on any atom is -0.370 e. The molecule has 0 radical (unpaired) electrons. The van der Waals surface area contributed by atoms with Crippen molar-refractivity contribution in [1.29, 1.82) is 5.26 Å². The van der Waals surface area contributed by atoms with Crippen molar-refractivity contribution in [2.75, 3.05) is 11.9 Å². The maximum absolute atomic E-state index is 8.77. The molecule has 2 nitrogen and oxygen atoms in total. The first-order valence-electron chi connectivity index (χ1n) is 5.76. The Morgan fingerprint density at radius 3 is 2.42 bits per heavy atom. The van der Waals surface area contributed by atoms with E-state index in [9.17, 15) is 0 Å². The molecule has 0 aliphatic rings. The van der Waals surface area contributed by atoms with Gasteiger partial charge in [0.25, 0.3) is 0 Å². The standard InChI is InChI=1S/C15H12Cl2N2/c1-19(13-7-5-11(9-18)6-8-13)10-12-3-2-4-14(16)15(12)17/h2-8H,10H2,1H3. The Morgan fingerprint density at radius 1 is 1.11 bits per heavy atom. The third kappa shape index (κ3) is 3.20. The molecular weight excluding hydrogens is 279 g/mol. The molecule has 2 aromatic carbocycles. The van der Waals surface area contributed by atoms with Gasteiger partial charge in [-0.1, -0.05) is 35.3 Å². The summed E-state index contributed by atoms with van der Waals surface area (Å²) in [4.78, 5) is 2.05. The molecule has 0 unspecified atom stereocenters. The molecule has 2 aromatic rings. The first-order chi connectivity index (χ1) is 9.11. The van der Waals surface area contributed by atoms with Gasteiger partial charge in [-0.25, -0.2) is 0 Å². The summed E-state index contributed by atoms with van der Waals surface area (Å²) < 4.78 is 0. The van der Waals surface area contributed by atoms with Gasteiger partial charge in [0.2, 0.25) is 0 Å². The van der Waals surface area contributed by atoms with Gasteiger partial charge in [0.05, 0.1) is 21.7 Å². The second-order valence-electron chi connectivity index (χ2n) is 4.23. The van der Waals surface area contributed by atoms with Crippen molar-refractivity contribution >= 4 is 28.9 Å². The Morgan fingerprint density at radius 2 is 1.79 bits per heavy atom. The van der Waals surface area contributed by atoms with E-state index in [1.165, 1.54) is 0 Å². The lowest BCUT2D eigenvalue weighted by Crippen LogP contribution is -2.16. The zero-order chi connectivity index (χ0) is 13.8. The number of benzene rings is 2. The van der Waals surface area contributed by atoms with E-state index in [2.05, 4.69) is 11.0 Å². The zero-order valence-electron chi connectivity index (χ0n) is 10.4. The minimum atomic E-state index is 0.562. The third-order valence-corrected chi connectivity index (χ3v) is 3.73. The lowest BCUT2D eigenvalue weighted by molar-refractivity contribution is 0.923. The summed E-state index contributed by atoms with van der Waals surface area (Å²) >= 11 is 12.2. The molecule has 96 valence electrons. The normalized spacial score (nSPS) is 10.0. The fourth-order valence-electron chi connectivity index (χ4n) is 1.81. The average molecular weight is 291 g/mol. The minimum absolute atomic E-state index is 0.562. The lowest BCUT2D eigenvalue weighted by Gasteiger charge is -2.20. The molecular formula is C15H12Cl2N2. The van der Waals surface area contributed by atoms with Crippen molar-refractivity contribution in [2.45, 2.75) is 6.54 Å². The van der Waals surface area contributed by atoms with Crippen LogP contribution in [0.5, 0.6) is 0 Å². The highest BCUT2D eigenvalue weighted by Crippen LogP contribution is 2.27. The van der Waals surface area contributed by atoms with Crippen LogP contribution in [0.4, 0.5) is 5.69 Å². The van der Waals surface area contributed by atoms with Crippen LogP contribution in [-0.4, -0.2) is 7.05 Å². The molecule has 0 spiro atoms.